The maximum atomic E-state index is 14.9. The Balaban J connectivity index is 0.00000158. The van der Waals surface area contributed by atoms with Gasteiger partial charge < -0.3 is 19.4 Å². The molecular weight excluding hydrogens is 443 g/mol. The lowest BCUT2D eigenvalue weighted by molar-refractivity contribution is -0.125. The molecule has 0 aliphatic carbocycles. The Morgan fingerprint density at radius 3 is 2.62 bits per heavy atom. The maximum absolute atomic E-state index is 14.9. The monoisotopic (exact) mass is 472 g/mol. The van der Waals surface area contributed by atoms with Crippen molar-refractivity contribution in [1.82, 2.24) is 15.5 Å². The van der Waals surface area contributed by atoms with Crippen molar-refractivity contribution in [2.24, 2.45) is 4.99 Å². The van der Waals surface area contributed by atoms with Crippen LogP contribution < -0.4 is 15.4 Å². The Labute approximate surface area is 197 Å². The molecule has 1 saturated heterocycles. The largest absolute Gasteiger partial charge is 0.494 e. The lowest BCUT2D eigenvalue weighted by atomic mass is 9.92. The van der Waals surface area contributed by atoms with E-state index in [2.05, 4.69) is 15.6 Å². The van der Waals surface area contributed by atoms with Crippen molar-refractivity contribution in [3.8, 4) is 5.75 Å². The number of aliphatic imine (C=N–C) groups is 1. The first-order valence-corrected chi connectivity index (χ1v) is 11.2. The van der Waals surface area contributed by atoms with Gasteiger partial charge in [-0.3, -0.25) is 19.9 Å². The van der Waals surface area contributed by atoms with Crippen LogP contribution >= 0.6 is 0 Å². The van der Waals surface area contributed by atoms with E-state index in [1.807, 2.05) is 20.8 Å². The maximum Gasteiger partial charge on any atom is 0.322 e. The van der Waals surface area contributed by atoms with Crippen molar-refractivity contribution in [3.05, 3.63) is 46.7 Å². The number of furan rings is 1. The standard InChI is InChI=1S/C22H23FN4O5.C2H6/c1-4-14-13(24-5-2)10-16(32-14)22(20(29)25-21(30)26-22)11-27-9-8-12-6-7-15(31-3)18(23)17(12)19(27)28;1-2/h5-7,10H,4,8-9,11H2,1-3H3,(H2,25,26,29,30);1-2H3/t22-;/m0./s1. The van der Waals surface area contributed by atoms with E-state index in [0.717, 1.165) is 0 Å². The van der Waals surface area contributed by atoms with E-state index in [1.54, 1.807) is 25.3 Å². The molecule has 1 aromatic heterocycles. The molecular formula is C24H29FN4O5. The summed E-state index contributed by atoms with van der Waals surface area (Å²) in [7, 11) is 1.32. The minimum Gasteiger partial charge on any atom is -0.494 e. The van der Waals surface area contributed by atoms with Gasteiger partial charge in [-0.15, -0.1) is 0 Å². The van der Waals surface area contributed by atoms with Crippen molar-refractivity contribution < 1.29 is 27.9 Å². The van der Waals surface area contributed by atoms with Gasteiger partial charge in [0, 0.05) is 25.2 Å². The Hall–Kier alpha value is -3.69. The van der Waals surface area contributed by atoms with Crippen molar-refractivity contribution in [2.45, 2.75) is 46.1 Å². The zero-order valence-corrected chi connectivity index (χ0v) is 20.0. The number of rotatable bonds is 6. The number of amides is 4. The Bertz CT molecular complexity index is 1140. The van der Waals surface area contributed by atoms with Gasteiger partial charge in [-0.25, -0.2) is 9.18 Å². The lowest BCUT2D eigenvalue weighted by Crippen LogP contribution is -2.55. The second-order valence-electron chi connectivity index (χ2n) is 7.57. The fourth-order valence-corrected chi connectivity index (χ4v) is 4.13. The number of imide groups is 1. The molecule has 0 bridgehead atoms. The van der Waals surface area contributed by atoms with Crippen molar-refractivity contribution in [2.75, 3.05) is 20.2 Å². The van der Waals surface area contributed by atoms with E-state index < -0.39 is 29.2 Å². The minimum absolute atomic E-state index is 0.0405. The zero-order valence-electron chi connectivity index (χ0n) is 20.0. The fourth-order valence-electron chi connectivity index (χ4n) is 4.13. The van der Waals surface area contributed by atoms with E-state index in [1.165, 1.54) is 18.1 Å². The number of methoxy groups -OCH3 is 1. The van der Waals surface area contributed by atoms with Gasteiger partial charge in [-0.05, 0) is 25.0 Å². The highest BCUT2D eigenvalue weighted by Gasteiger charge is 2.53. The number of hydrogen-bond acceptors (Lipinski definition) is 6. The van der Waals surface area contributed by atoms with E-state index >= 15 is 0 Å². The molecule has 2 aliphatic heterocycles. The van der Waals surface area contributed by atoms with E-state index in [4.69, 9.17) is 9.15 Å². The second-order valence-corrected chi connectivity index (χ2v) is 7.57. The quantitative estimate of drug-likeness (QED) is 0.494. The van der Waals surface area contributed by atoms with Crippen LogP contribution in [0.1, 0.15) is 55.1 Å². The first kappa shape index (κ1) is 24.9. The summed E-state index contributed by atoms with van der Waals surface area (Å²) in [5, 5.41) is 4.83. The van der Waals surface area contributed by atoms with Crippen LogP contribution in [0.2, 0.25) is 0 Å². The van der Waals surface area contributed by atoms with Crippen LogP contribution in [0.5, 0.6) is 5.75 Å². The topological polar surface area (TPSA) is 113 Å². The molecule has 1 fully saturated rings. The number of benzene rings is 1. The summed E-state index contributed by atoms with van der Waals surface area (Å²) in [5.41, 5.74) is -0.667. The molecule has 2 aromatic rings. The van der Waals surface area contributed by atoms with Crippen LogP contribution in [0.4, 0.5) is 14.9 Å². The highest BCUT2D eigenvalue weighted by atomic mass is 19.1. The van der Waals surface area contributed by atoms with Gasteiger partial charge in [0.05, 0.1) is 19.2 Å². The molecule has 0 spiro atoms. The van der Waals surface area contributed by atoms with Gasteiger partial charge >= 0.3 is 6.03 Å². The molecule has 3 heterocycles. The normalized spacial score (nSPS) is 19.5. The van der Waals surface area contributed by atoms with Crippen LogP contribution in [-0.4, -0.2) is 49.2 Å². The molecule has 2 aliphatic rings. The molecule has 10 heteroatoms. The van der Waals surface area contributed by atoms with Gasteiger partial charge in [0.2, 0.25) is 0 Å². The number of urea groups is 1. The third kappa shape index (κ3) is 4.15. The van der Waals surface area contributed by atoms with Gasteiger partial charge in [-0.2, -0.15) is 0 Å². The molecule has 34 heavy (non-hydrogen) atoms. The Morgan fingerprint density at radius 2 is 2.03 bits per heavy atom. The first-order chi connectivity index (χ1) is 16.3. The molecule has 4 amide bonds. The predicted molar refractivity (Wildman–Crippen MR) is 124 cm³/mol. The molecule has 2 N–H and O–H groups in total. The van der Waals surface area contributed by atoms with E-state index in [9.17, 15) is 18.8 Å². The highest BCUT2D eigenvalue weighted by molar-refractivity contribution is 6.08. The van der Waals surface area contributed by atoms with Crippen molar-refractivity contribution in [3.63, 3.8) is 0 Å². The molecule has 0 saturated carbocycles. The average Bonchev–Trinajstić information content (AvgIpc) is 3.37. The van der Waals surface area contributed by atoms with E-state index in [-0.39, 0.29) is 30.2 Å². The van der Waals surface area contributed by atoms with Crippen molar-refractivity contribution in [1.29, 1.82) is 0 Å². The molecule has 9 nitrogen and oxygen atoms in total. The highest BCUT2D eigenvalue weighted by Crippen LogP contribution is 2.36. The lowest BCUT2D eigenvalue weighted by Gasteiger charge is -2.35. The SMILES string of the molecule is CC.CC=Nc1cc([C@]2(CN3CCc4ccc(OC)c(F)c4C3=O)NC(=O)NC2=O)oc1CC. The number of halogens is 1. The average molecular weight is 473 g/mol. The van der Waals surface area contributed by atoms with Crippen LogP contribution in [0, 0.1) is 5.82 Å². The number of ether oxygens (including phenoxy) is 1. The number of fused-ring (bicyclic) bond motifs is 1. The second kappa shape index (κ2) is 10.1. The van der Waals surface area contributed by atoms with Crippen LogP contribution in [0.15, 0.2) is 27.6 Å². The molecule has 0 unspecified atom stereocenters. The van der Waals surface area contributed by atoms with Crippen molar-refractivity contribution >= 4 is 29.7 Å². The Kier molecular flexibility index (Phi) is 7.38. The third-order valence-electron chi connectivity index (χ3n) is 5.73. The molecule has 182 valence electrons. The number of carbonyl (C=O) groups excluding carboxylic acids is 3. The Morgan fingerprint density at radius 1 is 1.29 bits per heavy atom. The summed E-state index contributed by atoms with van der Waals surface area (Å²) in [6.45, 7) is 7.63. The predicted octanol–water partition coefficient (Wildman–Crippen LogP) is 3.47. The molecule has 1 atom stereocenters. The van der Waals surface area contributed by atoms with Crippen LogP contribution in [-0.2, 0) is 23.2 Å². The van der Waals surface area contributed by atoms with Gasteiger partial charge in [0.25, 0.3) is 11.8 Å². The summed E-state index contributed by atoms with van der Waals surface area (Å²) in [6.07, 6.45) is 2.49. The van der Waals surface area contributed by atoms with Gasteiger partial charge in [0.1, 0.15) is 17.2 Å². The summed E-state index contributed by atoms with van der Waals surface area (Å²) in [4.78, 5) is 43.9. The molecule has 0 radical (unpaired) electrons. The summed E-state index contributed by atoms with van der Waals surface area (Å²) >= 11 is 0. The van der Waals surface area contributed by atoms with Gasteiger partial charge in [0.15, 0.2) is 17.1 Å². The number of aryl methyl sites for hydroxylation is 1. The van der Waals surface area contributed by atoms with E-state index in [0.29, 0.717) is 29.9 Å². The number of nitrogens with one attached hydrogen (secondary N) is 2. The number of carbonyl (C=O) groups is 3. The molecule has 1 aromatic carbocycles. The first-order valence-electron chi connectivity index (χ1n) is 11.2. The third-order valence-corrected chi connectivity index (χ3v) is 5.73. The van der Waals surface area contributed by atoms with Crippen LogP contribution in [0.25, 0.3) is 0 Å². The fraction of sp³-hybridized carbons (Fsp3) is 0.417. The summed E-state index contributed by atoms with van der Waals surface area (Å²) in [5.74, 6) is -1.35. The smallest absolute Gasteiger partial charge is 0.322 e. The summed E-state index contributed by atoms with van der Waals surface area (Å²) in [6, 6.07) is 4.01. The number of hydrogen-bond donors (Lipinski definition) is 2. The summed E-state index contributed by atoms with van der Waals surface area (Å²) < 4.78 is 25.8. The zero-order chi connectivity index (χ0) is 25.0. The number of nitrogens with zero attached hydrogens (tertiary/aromatic N) is 2. The van der Waals surface area contributed by atoms with Gasteiger partial charge in [-0.1, -0.05) is 26.8 Å². The minimum atomic E-state index is -1.66. The molecule has 4 rings (SSSR count). The van der Waals surface area contributed by atoms with Crippen LogP contribution in [0.3, 0.4) is 0 Å².